The molecule has 1 aliphatic carbocycles. The summed E-state index contributed by atoms with van der Waals surface area (Å²) in [4.78, 5) is 18.7. The molecule has 100 valence electrons. The predicted octanol–water partition coefficient (Wildman–Crippen LogP) is 1.40. The Morgan fingerprint density at radius 3 is 2.89 bits per heavy atom. The van der Waals surface area contributed by atoms with Crippen LogP contribution in [0.25, 0.3) is 0 Å². The van der Waals surface area contributed by atoms with Crippen LogP contribution in [0.5, 0.6) is 0 Å². The first-order chi connectivity index (χ1) is 8.65. The quantitative estimate of drug-likeness (QED) is 0.793. The zero-order valence-electron chi connectivity index (χ0n) is 10.8. The fraction of sp³-hybridized carbons (Fsp3) is 0.692. The van der Waals surface area contributed by atoms with Gasteiger partial charge < -0.3 is 15.5 Å². The minimum absolute atomic E-state index is 0.0570. The van der Waals surface area contributed by atoms with Gasteiger partial charge in [0, 0.05) is 18.3 Å². The van der Waals surface area contributed by atoms with Crippen molar-refractivity contribution in [3.8, 4) is 0 Å². The second kappa shape index (κ2) is 6.00. The van der Waals surface area contributed by atoms with Crippen LogP contribution in [0.1, 0.15) is 38.3 Å². The molecule has 0 radical (unpaired) electrons. The number of nitrogens with zero attached hydrogens (tertiary/aromatic N) is 1. The van der Waals surface area contributed by atoms with E-state index in [1.165, 1.54) is 0 Å². The van der Waals surface area contributed by atoms with Crippen LogP contribution in [0.3, 0.4) is 0 Å². The maximum Gasteiger partial charge on any atom is 0.323 e. The maximum absolute atomic E-state index is 11.8. The van der Waals surface area contributed by atoms with Gasteiger partial charge in [-0.2, -0.15) is 0 Å². The molecule has 1 aromatic heterocycles. The number of nitrogens with one attached hydrogen (secondary N) is 1. The highest BCUT2D eigenvalue weighted by Gasteiger charge is 2.24. The minimum Gasteiger partial charge on any atom is -0.461 e. The van der Waals surface area contributed by atoms with E-state index >= 15 is 0 Å². The summed E-state index contributed by atoms with van der Waals surface area (Å²) >= 11 is 0. The number of H-pyrrole nitrogens is 1. The average molecular weight is 251 g/mol. The van der Waals surface area contributed by atoms with Crippen molar-refractivity contribution >= 4 is 5.97 Å². The molecule has 1 atom stereocenters. The van der Waals surface area contributed by atoms with Crippen LogP contribution >= 0.6 is 0 Å². The van der Waals surface area contributed by atoms with E-state index in [1.54, 1.807) is 12.5 Å². The smallest absolute Gasteiger partial charge is 0.323 e. The van der Waals surface area contributed by atoms with Crippen molar-refractivity contribution in [3.05, 3.63) is 18.2 Å². The first-order valence-electron chi connectivity index (χ1n) is 6.58. The minimum atomic E-state index is -0.607. The van der Waals surface area contributed by atoms with Crippen LogP contribution in [0, 0.1) is 5.92 Å². The summed E-state index contributed by atoms with van der Waals surface area (Å²) in [5.41, 5.74) is 6.69. The third-order valence-corrected chi connectivity index (χ3v) is 3.54. The Morgan fingerprint density at radius 1 is 1.56 bits per heavy atom. The number of ether oxygens (including phenoxy) is 1. The number of aromatic amines is 1. The summed E-state index contributed by atoms with van der Waals surface area (Å²) in [7, 11) is 0. The monoisotopic (exact) mass is 251 g/mol. The van der Waals surface area contributed by atoms with Gasteiger partial charge in [0.25, 0.3) is 0 Å². The van der Waals surface area contributed by atoms with Crippen molar-refractivity contribution < 1.29 is 9.53 Å². The third-order valence-electron chi connectivity index (χ3n) is 3.54. The summed E-state index contributed by atoms with van der Waals surface area (Å²) < 4.78 is 5.45. The summed E-state index contributed by atoms with van der Waals surface area (Å²) in [6.45, 7) is 2.24. The number of nitrogens with two attached hydrogens (primary N) is 1. The Bertz CT molecular complexity index is 370. The number of carbonyl (C=O) groups is 1. The molecule has 0 amide bonds. The van der Waals surface area contributed by atoms with Gasteiger partial charge in [-0.15, -0.1) is 0 Å². The van der Waals surface area contributed by atoms with Gasteiger partial charge in [0.15, 0.2) is 0 Å². The van der Waals surface area contributed by atoms with Crippen molar-refractivity contribution in [2.45, 2.75) is 51.2 Å². The molecular weight excluding hydrogens is 230 g/mol. The highest BCUT2D eigenvalue weighted by molar-refractivity contribution is 5.76. The summed E-state index contributed by atoms with van der Waals surface area (Å²) in [5.74, 6) is 0.447. The summed E-state index contributed by atoms with van der Waals surface area (Å²) in [6.07, 6.45) is 7.95. The first-order valence-corrected chi connectivity index (χ1v) is 6.58. The Hall–Kier alpha value is -1.36. The van der Waals surface area contributed by atoms with Gasteiger partial charge in [-0.05, 0) is 31.6 Å². The molecule has 0 spiro atoms. The van der Waals surface area contributed by atoms with E-state index < -0.39 is 6.04 Å². The van der Waals surface area contributed by atoms with Crippen LogP contribution in [0.4, 0.5) is 0 Å². The molecule has 1 saturated carbocycles. The van der Waals surface area contributed by atoms with Crippen molar-refractivity contribution in [2.24, 2.45) is 11.7 Å². The molecule has 2 rings (SSSR count). The Morgan fingerprint density at radius 2 is 2.28 bits per heavy atom. The van der Waals surface area contributed by atoms with E-state index in [0.717, 1.165) is 37.3 Å². The van der Waals surface area contributed by atoms with E-state index in [1.807, 2.05) is 0 Å². The van der Waals surface area contributed by atoms with Gasteiger partial charge in [-0.25, -0.2) is 4.98 Å². The molecule has 1 heterocycles. The number of rotatable bonds is 4. The van der Waals surface area contributed by atoms with E-state index in [9.17, 15) is 4.79 Å². The van der Waals surface area contributed by atoms with E-state index in [-0.39, 0.29) is 12.1 Å². The molecule has 3 N–H and O–H groups in total. The average Bonchev–Trinajstić information content (AvgIpc) is 2.85. The normalized spacial score (nSPS) is 25.7. The van der Waals surface area contributed by atoms with Gasteiger partial charge in [-0.3, -0.25) is 4.79 Å². The van der Waals surface area contributed by atoms with E-state index in [2.05, 4.69) is 16.9 Å². The number of hydrogen-bond acceptors (Lipinski definition) is 4. The fourth-order valence-electron chi connectivity index (χ4n) is 2.32. The van der Waals surface area contributed by atoms with Gasteiger partial charge in [0.05, 0.1) is 6.33 Å². The number of aromatic nitrogens is 2. The zero-order chi connectivity index (χ0) is 13.0. The molecule has 0 unspecified atom stereocenters. The third kappa shape index (κ3) is 3.57. The summed E-state index contributed by atoms with van der Waals surface area (Å²) in [6, 6.07) is -0.607. The fourth-order valence-corrected chi connectivity index (χ4v) is 2.32. The van der Waals surface area contributed by atoms with Crippen molar-refractivity contribution in [1.82, 2.24) is 9.97 Å². The Kier molecular flexibility index (Phi) is 4.36. The van der Waals surface area contributed by atoms with Crippen LogP contribution in [-0.4, -0.2) is 28.1 Å². The molecule has 0 aromatic carbocycles. The zero-order valence-corrected chi connectivity index (χ0v) is 10.8. The van der Waals surface area contributed by atoms with Crippen LogP contribution < -0.4 is 5.73 Å². The SMILES string of the molecule is CC1CCC(OC(=O)[C@@H](N)Cc2cnc[nH]2)CC1. The lowest BCUT2D eigenvalue weighted by Crippen LogP contribution is -2.37. The van der Waals surface area contributed by atoms with Crippen molar-refractivity contribution in [2.75, 3.05) is 0 Å². The molecule has 0 bridgehead atoms. The second-order valence-corrected chi connectivity index (χ2v) is 5.21. The molecule has 0 aliphatic heterocycles. The van der Waals surface area contributed by atoms with Crippen molar-refractivity contribution in [3.63, 3.8) is 0 Å². The van der Waals surface area contributed by atoms with Gasteiger partial charge in [0.1, 0.15) is 12.1 Å². The van der Waals surface area contributed by atoms with Gasteiger partial charge in [0.2, 0.25) is 0 Å². The molecule has 1 aliphatic rings. The van der Waals surface area contributed by atoms with E-state index in [0.29, 0.717) is 6.42 Å². The second-order valence-electron chi connectivity index (χ2n) is 5.21. The first kappa shape index (κ1) is 13.1. The van der Waals surface area contributed by atoms with Crippen molar-refractivity contribution in [1.29, 1.82) is 0 Å². The Labute approximate surface area is 107 Å². The van der Waals surface area contributed by atoms with E-state index in [4.69, 9.17) is 10.5 Å². The molecule has 18 heavy (non-hydrogen) atoms. The van der Waals surface area contributed by atoms with Crippen LogP contribution in [-0.2, 0) is 16.0 Å². The lowest BCUT2D eigenvalue weighted by atomic mass is 9.89. The summed E-state index contributed by atoms with van der Waals surface area (Å²) in [5, 5.41) is 0. The molecule has 1 aromatic rings. The predicted molar refractivity (Wildman–Crippen MR) is 67.8 cm³/mol. The van der Waals surface area contributed by atoms with Crippen LogP contribution in [0.2, 0.25) is 0 Å². The molecule has 1 fully saturated rings. The number of imidazole rings is 1. The highest BCUT2D eigenvalue weighted by atomic mass is 16.5. The Balaban J connectivity index is 1.77. The van der Waals surface area contributed by atoms with Gasteiger partial charge >= 0.3 is 5.97 Å². The number of hydrogen-bond donors (Lipinski definition) is 2. The van der Waals surface area contributed by atoms with Crippen LogP contribution in [0.15, 0.2) is 12.5 Å². The topological polar surface area (TPSA) is 81.0 Å². The lowest BCUT2D eigenvalue weighted by molar-refractivity contribution is -0.152. The largest absolute Gasteiger partial charge is 0.461 e. The molecule has 5 heteroatoms. The van der Waals surface area contributed by atoms with Gasteiger partial charge in [-0.1, -0.05) is 6.92 Å². The molecular formula is C13H21N3O2. The number of esters is 1. The highest BCUT2D eigenvalue weighted by Crippen LogP contribution is 2.25. The standard InChI is InChI=1S/C13H21N3O2/c1-9-2-4-11(5-3-9)18-13(17)12(14)6-10-7-15-8-16-10/h7-9,11-12H,2-6,14H2,1H3,(H,15,16)/t9?,11?,12-/m0/s1. The maximum atomic E-state index is 11.8. The lowest BCUT2D eigenvalue weighted by Gasteiger charge is -2.26. The number of carbonyl (C=O) groups excluding carboxylic acids is 1. The molecule has 0 saturated heterocycles. The molecule has 5 nitrogen and oxygen atoms in total.